The van der Waals surface area contributed by atoms with Crippen molar-refractivity contribution >= 4 is 44.3 Å². The molecule has 188 valence electrons. The van der Waals surface area contributed by atoms with E-state index in [0.717, 1.165) is 15.4 Å². The van der Waals surface area contributed by atoms with Crippen molar-refractivity contribution in [3.05, 3.63) is 105 Å². The lowest BCUT2D eigenvalue weighted by molar-refractivity contribution is -0.117. The predicted molar refractivity (Wildman–Crippen MR) is 146 cm³/mol. The van der Waals surface area contributed by atoms with Crippen molar-refractivity contribution in [2.75, 3.05) is 11.5 Å². The van der Waals surface area contributed by atoms with Crippen LogP contribution < -0.4 is 9.64 Å². The van der Waals surface area contributed by atoms with Crippen molar-refractivity contribution in [2.24, 2.45) is 0 Å². The molecule has 37 heavy (non-hydrogen) atoms. The van der Waals surface area contributed by atoms with Gasteiger partial charge in [-0.1, -0.05) is 54.0 Å². The number of fused-ring (bicyclic) bond motifs is 1. The lowest BCUT2D eigenvalue weighted by Crippen LogP contribution is -2.31. The van der Waals surface area contributed by atoms with Crippen LogP contribution in [0, 0.1) is 0 Å². The summed E-state index contributed by atoms with van der Waals surface area (Å²) in [6.07, 6.45) is 0. The van der Waals surface area contributed by atoms with Crippen molar-refractivity contribution in [3.8, 4) is 5.75 Å². The number of amides is 1. The second-order valence-corrected chi connectivity index (χ2v) is 10.1. The van der Waals surface area contributed by atoms with Crippen molar-refractivity contribution in [1.82, 2.24) is 0 Å². The molecule has 0 saturated carbocycles. The molecule has 1 aromatic heterocycles. The summed E-state index contributed by atoms with van der Waals surface area (Å²) in [7, 11) is 0. The van der Waals surface area contributed by atoms with Gasteiger partial charge in [-0.05, 0) is 72.5 Å². The standard InChI is InChI=1S/C30H26BrNO5/c1-4-36-23-12-10-22(11-13-23)32-27(19-7-5-18(6-8-19)17(2)3)26(29(34)30(32)35)28(33)25-16-20-15-21(31)9-14-24(20)37-25/h5-17,27,34H,4H2,1-3H3. The van der Waals surface area contributed by atoms with Crippen molar-refractivity contribution in [2.45, 2.75) is 32.7 Å². The molecule has 0 radical (unpaired) electrons. The van der Waals surface area contributed by atoms with Gasteiger partial charge in [-0.2, -0.15) is 0 Å². The Kier molecular flexibility index (Phi) is 6.65. The summed E-state index contributed by atoms with van der Waals surface area (Å²) in [6.45, 7) is 6.61. The van der Waals surface area contributed by atoms with Gasteiger partial charge in [0.2, 0.25) is 5.78 Å². The Morgan fingerprint density at radius 2 is 1.76 bits per heavy atom. The van der Waals surface area contributed by atoms with Crippen molar-refractivity contribution in [1.29, 1.82) is 0 Å². The molecule has 0 bridgehead atoms. The van der Waals surface area contributed by atoms with Crippen LogP contribution in [0.2, 0.25) is 0 Å². The number of Topliss-reactive ketones (excluding diaryl/α,β-unsaturated/α-hetero) is 1. The number of hydrogen-bond acceptors (Lipinski definition) is 5. The Morgan fingerprint density at radius 1 is 1.05 bits per heavy atom. The molecule has 0 spiro atoms. The second-order valence-electron chi connectivity index (χ2n) is 9.21. The molecule has 1 atom stereocenters. The van der Waals surface area contributed by atoms with Gasteiger partial charge in [0.1, 0.15) is 11.3 Å². The van der Waals surface area contributed by atoms with Crippen LogP contribution in [-0.2, 0) is 4.79 Å². The number of nitrogens with zero attached hydrogens (tertiary/aromatic N) is 1. The highest BCUT2D eigenvalue weighted by Crippen LogP contribution is 2.43. The molecule has 5 rings (SSSR count). The third-order valence-electron chi connectivity index (χ3n) is 6.50. The second kappa shape index (κ2) is 9.90. The van der Waals surface area contributed by atoms with E-state index in [2.05, 4.69) is 29.8 Å². The van der Waals surface area contributed by atoms with Gasteiger partial charge in [-0.3, -0.25) is 14.5 Å². The van der Waals surface area contributed by atoms with Crippen LogP contribution in [0.3, 0.4) is 0 Å². The number of carbonyl (C=O) groups excluding carboxylic acids is 2. The molecule has 1 amide bonds. The zero-order valence-corrected chi connectivity index (χ0v) is 22.3. The Hall–Kier alpha value is -3.84. The van der Waals surface area contributed by atoms with Gasteiger partial charge in [0.25, 0.3) is 5.91 Å². The van der Waals surface area contributed by atoms with Crippen LogP contribution >= 0.6 is 15.9 Å². The largest absolute Gasteiger partial charge is 0.503 e. The quantitative estimate of drug-likeness (QED) is 0.237. The molecule has 2 heterocycles. The van der Waals surface area contributed by atoms with E-state index >= 15 is 0 Å². The summed E-state index contributed by atoms with van der Waals surface area (Å²) < 4.78 is 12.2. The Balaban J connectivity index is 1.62. The van der Waals surface area contributed by atoms with E-state index in [-0.39, 0.29) is 11.3 Å². The topological polar surface area (TPSA) is 80.0 Å². The van der Waals surface area contributed by atoms with E-state index < -0.39 is 23.5 Å². The van der Waals surface area contributed by atoms with Gasteiger partial charge in [0.15, 0.2) is 11.5 Å². The minimum absolute atomic E-state index is 0.0192. The first-order valence-electron chi connectivity index (χ1n) is 12.1. The number of hydrogen-bond donors (Lipinski definition) is 1. The Morgan fingerprint density at radius 3 is 2.41 bits per heavy atom. The maximum atomic E-state index is 13.8. The smallest absolute Gasteiger partial charge is 0.294 e. The fourth-order valence-electron chi connectivity index (χ4n) is 4.61. The number of furan rings is 1. The fraction of sp³-hybridized carbons (Fsp3) is 0.200. The van der Waals surface area contributed by atoms with Gasteiger partial charge < -0.3 is 14.3 Å². The van der Waals surface area contributed by atoms with Crippen LogP contribution in [0.4, 0.5) is 5.69 Å². The van der Waals surface area contributed by atoms with E-state index in [1.54, 1.807) is 36.4 Å². The van der Waals surface area contributed by atoms with Gasteiger partial charge in [-0.25, -0.2) is 0 Å². The summed E-state index contributed by atoms with van der Waals surface area (Å²) >= 11 is 3.43. The monoisotopic (exact) mass is 559 g/mol. The molecule has 0 aliphatic carbocycles. The predicted octanol–water partition coefficient (Wildman–Crippen LogP) is 7.50. The summed E-state index contributed by atoms with van der Waals surface area (Å²) in [4.78, 5) is 28.7. The number of rotatable bonds is 7. The number of halogens is 1. The SMILES string of the molecule is CCOc1ccc(N2C(=O)C(O)=C(C(=O)c3cc4cc(Br)ccc4o3)C2c2ccc(C(C)C)cc2)cc1. The molecule has 3 aromatic carbocycles. The maximum Gasteiger partial charge on any atom is 0.294 e. The molecule has 6 nitrogen and oxygen atoms in total. The summed E-state index contributed by atoms with van der Waals surface area (Å²) in [6, 6.07) is 21.0. The van der Waals surface area contributed by atoms with E-state index in [1.165, 1.54) is 4.90 Å². The minimum atomic E-state index is -0.834. The van der Waals surface area contributed by atoms with Gasteiger partial charge in [0, 0.05) is 15.5 Å². The molecule has 1 aliphatic heterocycles. The summed E-state index contributed by atoms with van der Waals surface area (Å²) in [5.41, 5.74) is 2.89. The molecular weight excluding hydrogens is 534 g/mol. The third-order valence-corrected chi connectivity index (χ3v) is 6.99. The Labute approximate surface area is 223 Å². The molecule has 7 heteroatoms. The number of benzene rings is 3. The van der Waals surface area contributed by atoms with Crippen LogP contribution in [0.5, 0.6) is 5.75 Å². The van der Waals surface area contributed by atoms with Crippen LogP contribution in [0.1, 0.15) is 54.4 Å². The first-order valence-corrected chi connectivity index (χ1v) is 12.9. The van der Waals surface area contributed by atoms with Gasteiger partial charge >= 0.3 is 0 Å². The number of aliphatic hydroxyl groups excluding tert-OH is 1. The average Bonchev–Trinajstić information content (AvgIpc) is 3.43. The number of anilines is 1. The number of carbonyl (C=O) groups is 2. The van der Waals surface area contributed by atoms with E-state index in [4.69, 9.17) is 9.15 Å². The van der Waals surface area contributed by atoms with E-state index in [9.17, 15) is 14.7 Å². The highest BCUT2D eigenvalue weighted by atomic mass is 79.9. The summed E-state index contributed by atoms with van der Waals surface area (Å²) in [5, 5.41) is 11.8. The van der Waals surface area contributed by atoms with Crippen LogP contribution in [0.15, 0.2) is 93.0 Å². The lowest BCUT2D eigenvalue weighted by Gasteiger charge is -2.27. The molecule has 0 saturated heterocycles. The molecule has 1 unspecified atom stereocenters. The van der Waals surface area contributed by atoms with Gasteiger partial charge in [-0.15, -0.1) is 0 Å². The van der Waals surface area contributed by atoms with Crippen molar-refractivity contribution < 1.29 is 23.8 Å². The molecule has 1 N–H and O–H groups in total. The maximum absolute atomic E-state index is 13.8. The average molecular weight is 560 g/mol. The summed E-state index contributed by atoms with van der Waals surface area (Å²) in [5.74, 6) is -0.730. The zero-order chi connectivity index (χ0) is 26.3. The molecular formula is C30H26BrNO5. The zero-order valence-electron chi connectivity index (χ0n) is 20.7. The van der Waals surface area contributed by atoms with Gasteiger partial charge in [0.05, 0.1) is 18.2 Å². The third kappa shape index (κ3) is 4.55. The van der Waals surface area contributed by atoms with Crippen LogP contribution in [0.25, 0.3) is 11.0 Å². The van der Waals surface area contributed by atoms with Crippen molar-refractivity contribution in [3.63, 3.8) is 0 Å². The molecule has 0 fully saturated rings. The lowest BCUT2D eigenvalue weighted by atomic mass is 9.92. The highest BCUT2D eigenvalue weighted by molar-refractivity contribution is 9.10. The van der Waals surface area contributed by atoms with E-state index in [1.807, 2.05) is 43.3 Å². The number of ether oxygens (including phenoxy) is 1. The fourth-order valence-corrected chi connectivity index (χ4v) is 4.99. The highest BCUT2D eigenvalue weighted by Gasteiger charge is 2.45. The number of aliphatic hydroxyl groups is 1. The molecule has 4 aromatic rings. The minimum Gasteiger partial charge on any atom is -0.503 e. The Bertz CT molecular complexity index is 1520. The first-order chi connectivity index (χ1) is 17.8. The van der Waals surface area contributed by atoms with E-state index in [0.29, 0.717) is 35.1 Å². The number of ketones is 1. The van der Waals surface area contributed by atoms with Crippen LogP contribution in [-0.4, -0.2) is 23.4 Å². The normalized spacial score (nSPS) is 15.8. The first kappa shape index (κ1) is 24.8. The molecule has 1 aliphatic rings.